The van der Waals surface area contributed by atoms with Crippen LogP contribution in [0.5, 0.6) is 0 Å². The average Bonchev–Trinajstić information content (AvgIpc) is 2.18. The molecule has 0 fully saturated rings. The van der Waals surface area contributed by atoms with Gasteiger partial charge in [-0.1, -0.05) is 12.1 Å². The van der Waals surface area contributed by atoms with E-state index in [0.29, 0.717) is 10.5 Å². The average molecular weight is 220 g/mol. The molecule has 1 amide bonds. The van der Waals surface area contributed by atoms with Gasteiger partial charge in [-0.3, -0.25) is 20.8 Å². The highest BCUT2D eigenvalue weighted by atomic mass is 32.1. The van der Waals surface area contributed by atoms with E-state index in [2.05, 4.69) is 17.9 Å². The first kappa shape index (κ1) is 11.1. The summed E-state index contributed by atoms with van der Waals surface area (Å²) in [5.74, 6) is -0.840. The lowest BCUT2D eigenvalue weighted by molar-refractivity contribution is 0.0973. The van der Waals surface area contributed by atoms with Crippen molar-refractivity contribution in [2.75, 3.05) is 0 Å². The Labute approximate surface area is 92.0 Å². The van der Waals surface area contributed by atoms with E-state index in [0.717, 1.165) is 0 Å². The summed E-state index contributed by atoms with van der Waals surface area (Å²) in [4.78, 5) is 12.0. The molecule has 0 heterocycles. The van der Waals surface area contributed by atoms with E-state index in [1.54, 1.807) is 24.3 Å². The zero-order valence-corrected chi connectivity index (χ0v) is 8.51. The number of carbonyl (C=O) groups is 1. The lowest BCUT2D eigenvalue weighted by Gasteiger charge is -2.05. The van der Waals surface area contributed by atoms with Gasteiger partial charge in [-0.15, -0.1) is 12.6 Å². The minimum atomic E-state index is -0.478. The summed E-state index contributed by atoms with van der Waals surface area (Å²) >= 11 is 4.10. The summed E-state index contributed by atoms with van der Waals surface area (Å²) in [6.07, 6.45) is 1.53. The van der Waals surface area contributed by atoms with Gasteiger partial charge in [-0.25, -0.2) is 0 Å². The Morgan fingerprint density at radius 1 is 1.47 bits per heavy atom. The molecule has 15 heavy (non-hydrogen) atoms. The van der Waals surface area contributed by atoms with Crippen LogP contribution in [0.4, 0.5) is 0 Å². The van der Waals surface area contributed by atoms with Crippen molar-refractivity contribution in [2.24, 2.45) is 0 Å². The molecule has 0 saturated carbocycles. The van der Waals surface area contributed by atoms with Crippen molar-refractivity contribution in [1.29, 1.82) is 10.7 Å². The first-order chi connectivity index (χ1) is 7.15. The van der Waals surface area contributed by atoms with E-state index >= 15 is 0 Å². The fourth-order valence-electron chi connectivity index (χ4n) is 0.934. The van der Waals surface area contributed by atoms with E-state index < -0.39 is 5.91 Å². The van der Waals surface area contributed by atoms with E-state index in [1.165, 1.54) is 6.19 Å². The van der Waals surface area contributed by atoms with Gasteiger partial charge < -0.3 is 0 Å². The first-order valence-electron chi connectivity index (χ1n) is 3.98. The number of amides is 1. The predicted molar refractivity (Wildman–Crippen MR) is 57.6 cm³/mol. The molecule has 0 radical (unpaired) electrons. The van der Waals surface area contributed by atoms with Crippen LogP contribution >= 0.6 is 12.6 Å². The third kappa shape index (κ3) is 3.00. The number of hydrogen-bond donors (Lipinski definition) is 4. The van der Waals surface area contributed by atoms with Crippen LogP contribution < -0.4 is 10.6 Å². The van der Waals surface area contributed by atoms with Gasteiger partial charge >= 0.3 is 0 Å². The minimum Gasteiger partial charge on any atom is -0.292 e. The molecule has 1 aromatic carbocycles. The number of thiol groups is 1. The Morgan fingerprint density at radius 3 is 2.73 bits per heavy atom. The Morgan fingerprint density at radius 2 is 2.13 bits per heavy atom. The fourth-order valence-corrected chi connectivity index (χ4v) is 1.20. The van der Waals surface area contributed by atoms with Gasteiger partial charge in [0, 0.05) is 4.90 Å². The maximum atomic E-state index is 11.5. The molecular formula is C9H8N4OS. The molecule has 0 saturated heterocycles. The molecule has 76 valence electrons. The number of rotatable bonds is 1. The summed E-state index contributed by atoms with van der Waals surface area (Å²) in [5.41, 5.74) is 0.352. The molecule has 1 aromatic rings. The van der Waals surface area contributed by atoms with Gasteiger partial charge in [0.25, 0.3) is 5.91 Å². The van der Waals surface area contributed by atoms with Gasteiger partial charge in [0.2, 0.25) is 5.96 Å². The van der Waals surface area contributed by atoms with Crippen molar-refractivity contribution in [1.82, 2.24) is 10.6 Å². The third-order valence-electron chi connectivity index (χ3n) is 1.57. The van der Waals surface area contributed by atoms with Crippen molar-refractivity contribution in [3.63, 3.8) is 0 Å². The molecule has 1 rings (SSSR count). The Bertz CT molecular complexity index is 438. The lowest BCUT2D eigenvalue weighted by atomic mass is 10.2. The predicted octanol–water partition coefficient (Wildman–Crippen LogP) is 0.711. The van der Waals surface area contributed by atoms with Crippen molar-refractivity contribution < 1.29 is 4.79 Å². The number of nitriles is 1. The summed E-state index contributed by atoms with van der Waals surface area (Å²) < 4.78 is 0. The third-order valence-corrected chi connectivity index (χ3v) is 1.96. The van der Waals surface area contributed by atoms with Crippen LogP contribution in [-0.2, 0) is 0 Å². The first-order valence-corrected chi connectivity index (χ1v) is 4.43. The summed E-state index contributed by atoms with van der Waals surface area (Å²) in [6.45, 7) is 0. The molecule has 0 aliphatic carbocycles. The molecule has 0 aliphatic rings. The maximum Gasteiger partial charge on any atom is 0.259 e. The minimum absolute atomic E-state index is 0.352. The second kappa shape index (κ2) is 5.02. The molecule has 0 aliphatic heterocycles. The molecule has 0 spiro atoms. The number of nitrogens with zero attached hydrogens (tertiary/aromatic N) is 1. The van der Waals surface area contributed by atoms with Crippen LogP contribution in [0, 0.1) is 16.9 Å². The molecule has 5 nitrogen and oxygen atoms in total. The highest BCUT2D eigenvalue weighted by Gasteiger charge is 2.09. The second-order valence-corrected chi connectivity index (χ2v) is 3.06. The molecular weight excluding hydrogens is 212 g/mol. The largest absolute Gasteiger partial charge is 0.292 e. The van der Waals surface area contributed by atoms with Crippen molar-refractivity contribution >= 4 is 24.5 Å². The normalized spacial score (nSPS) is 8.80. The number of carbonyl (C=O) groups excluding carboxylic acids is 1. The number of guanidine groups is 1. The quantitative estimate of drug-likeness (QED) is 0.185. The fraction of sp³-hybridized carbons (Fsp3) is 0. The van der Waals surface area contributed by atoms with Crippen molar-refractivity contribution in [3.8, 4) is 6.19 Å². The maximum absolute atomic E-state index is 11.5. The number of benzene rings is 1. The van der Waals surface area contributed by atoms with Crippen LogP contribution in [0.25, 0.3) is 0 Å². The van der Waals surface area contributed by atoms with Crippen LogP contribution in [-0.4, -0.2) is 11.9 Å². The van der Waals surface area contributed by atoms with Gasteiger partial charge in [0.15, 0.2) is 6.19 Å². The summed E-state index contributed by atoms with van der Waals surface area (Å²) in [6, 6.07) is 6.69. The standard InChI is InChI=1S/C9H8N4OS/c10-5-12-9(11)13-8(14)6-3-1-2-4-7(6)15/h1-4,15H,(H3,11,12,13,14). The zero-order chi connectivity index (χ0) is 11.3. The smallest absolute Gasteiger partial charge is 0.259 e. The second-order valence-electron chi connectivity index (χ2n) is 2.58. The van der Waals surface area contributed by atoms with Crippen LogP contribution in [0.15, 0.2) is 29.2 Å². The SMILES string of the molecule is N#CNC(=N)NC(=O)c1ccccc1S. The zero-order valence-electron chi connectivity index (χ0n) is 7.61. The van der Waals surface area contributed by atoms with Gasteiger partial charge in [-0.2, -0.15) is 5.26 Å². The highest BCUT2D eigenvalue weighted by molar-refractivity contribution is 7.80. The summed E-state index contributed by atoms with van der Waals surface area (Å²) in [7, 11) is 0. The van der Waals surface area contributed by atoms with Crippen molar-refractivity contribution in [2.45, 2.75) is 4.90 Å². The molecule has 0 aromatic heterocycles. The Balaban J connectivity index is 2.75. The van der Waals surface area contributed by atoms with Gasteiger partial charge in [0.1, 0.15) is 0 Å². The molecule has 3 N–H and O–H groups in total. The van der Waals surface area contributed by atoms with Gasteiger partial charge in [-0.05, 0) is 12.1 Å². The molecule has 0 atom stereocenters. The van der Waals surface area contributed by atoms with E-state index in [4.69, 9.17) is 10.7 Å². The van der Waals surface area contributed by atoms with Crippen LogP contribution in [0.1, 0.15) is 10.4 Å². The molecule has 6 heteroatoms. The van der Waals surface area contributed by atoms with E-state index in [1.807, 2.05) is 5.32 Å². The van der Waals surface area contributed by atoms with E-state index in [-0.39, 0.29) is 5.96 Å². The highest BCUT2D eigenvalue weighted by Crippen LogP contribution is 2.12. The molecule has 0 bridgehead atoms. The summed E-state index contributed by atoms with van der Waals surface area (Å²) in [5, 5.41) is 19.6. The Hall–Kier alpha value is -2.00. The van der Waals surface area contributed by atoms with Crippen molar-refractivity contribution in [3.05, 3.63) is 29.8 Å². The van der Waals surface area contributed by atoms with E-state index in [9.17, 15) is 4.79 Å². The van der Waals surface area contributed by atoms with Gasteiger partial charge in [0.05, 0.1) is 5.56 Å². The topological polar surface area (TPSA) is 88.8 Å². The van der Waals surface area contributed by atoms with Crippen LogP contribution in [0.3, 0.4) is 0 Å². The Kier molecular flexibility index (Phi) is 3.71. The number of nitrogens with one attached hydrogen (secondary N) is 3. The monoisotopic (exact) mass is 220 g/mol. The lowest BCUT2D eigenvalue weighted by Crippen LogP contribution is -2.37. The molecule has 0 unspecified atom stereocenters. The number of hydrogen-bond acceptors (Lipinski definition) is 4. The van der Waals surface area contributed by atoms with Crippen LogP contribution in [0.2, 0.25) is 0 Å².